The smallest absolute Gasteiger partial charge is 0.316 e. The fourth-order valence-corrected chi connectivity index (χ4v) is 2.16. The molecule has 0 spiro atoms. The van der Waals surface area contributed by atoms with Crippen molar-refractivity contribution in [1.29, 1.82) is 0 Å². The molecule has 5 heteroatoms. The molecule has 2 aromatic carbocycles. The van der Waals surface area contributed by atoms with Crippen LogP contribution >= 0.6 is 15.9 Å². The van der Waals surface area contributed by atoms with Crippen molar-refractivity contribution in [2.75, 3.05) is 16.8 Å². The fraction of sp³-hybridized carbons (Fsp3) is 0.125. The van der Waals surface area contributed by atoms with E-state index >= 15 is 0 Å². The van der Waals surface area contributed by atoms with Crippen LogP contribution in [-0.4, -0.2) is 18.4 Å². The first kappa shape index (κ1) is 15.3. The Bertz CT molecular complexity index is 626. The molecule has 0 aromatic heterocycles. The normalized spacial score (nSPS) is 10.0. The average Bonchev–Trinajstić information content (AvgIpc) is 2.51. The molecule has 0 aliphatic heterocycles. The maximum atomic E-state index is 12.3. The van der Waals surface area contributed by atoms with Crippen molar-refractivity contribution in [2.24, 2.45) is 0 Å². The topological polar surface area (TPSA) is 49.4 Å². The number of amides is 2. The second-order valence-electron chi connectivity index (χ2n) is 4.35. The summed E-state index contributed by atoms with van der Waals surface area (Å²) in [7, 11) is 0. The number of likely N-dealkylation sites (N-methyl/N-ethyl adjacent to an activating group) is 1. The van der Waals surface area contributed by atoms with Crippen LogP contribution in [0.4, 0.5) is 11.4 Å². The first-order chi connectivity index (χ1) is 10.1. The van der Waals surface area contributed by atoms with Gasteiger partial charge in [0.1, 0.15) is 0 Å². The lowest BCUT2D eigenvalue weighted by atomic mass is 10.2. The van der Waals surface area contributed by atoms with E-state index in [1.54, 1.807) is 36.4 Å². The highest BCUT2D eigenvalue weighted by Gasteiger charge is 2.21. The third-order valence-electron chi connectivity index (χ3n) is 2.93. The first-order valence-corrected chi connectivity index (χ1v) is 7.34. The zero-order valence-electron chi connectivity index (χ0n) is 11.5. The molecule has 108 valence electrons. The van der Waals surface area contributed by atoms with Crippen molar-refractivity contribution in [3.63, 3.8) is 0 Å². The maximum Gasteiger partial charge on any atom is 0.316 e. The molecule has 2 rings (SSSR count). The summed E-state index contributed by atoms with van der Waals surface area (Å²) in [5, 5.41) is 2.60. The fourth-order valence-electron chi connectivity index (χ4n) is 1.89. The first-order valence-electron chi connectivity index (χ1n) is 6.55. The number of carbonyl (C=O) groups is 2. The van der Waals surface area contributed by atoms with Gasteiger partial charge in [-0.3, -0.25) is 9.59 Å². The molecule has 0 atom stereocenters. The van der Waals surface area contributed by atoms with E-state index in [-0.39, 0.29) is 0 Å². The number of anilines is 2. The Kier molecular flexibility index (Phi) is 5.11. The van der Waals surface area contributed by atoms with Crippen LogP contribution in [0.15, 0.2) is 59.1 Å². The van der Waals surface area contributed by atoms with Gasteiger partial charge in [0.15, 0.2) is 0 Å². The van der Waals surface area contributed by atoms with Crippen molar-refractivity contribution in [3.8, 4) is 0 Å². The van der Waals surface area contributed by atoms with E-state index in [9.17, 15) is 9.59 Å². The van der Waals surface area contributed by atoms with Crippen LogP contribution in [0.5, 0.6) is 0 Å². The predicted octanol–water partition coefficient (Wildman–Crippen LogP) is 3.44. The lowest BCUT2D eigenvalue weighted by Gasteiger charge is -2.20. The zero-order chi connectivity index (χ0) is 15.2. The van der Waals surface area contributed by atoms with Crippen molar-refractivity contribution in [1.82, 2.24) is 0 Å². The number of nitrogens with zero attached hydrogens (tertiary/aromatic N) is 1. The van der Waals surface area contributed by atoms with E-state index in [4.69, 9.17) is 0 Å². The molecule has 2 amide bonds. The molecule has 0 fully saturated rings. The molecular weight excluding hydrogens is 332 g/mol. The third kappa shape index (κ3) is 3.92. The lowest BCUT2D eigenvalue weighted by molar-refractivity contribution is -0.134. The Labute approximate surface area is 131 Å². The summed E-state index contributed by atoms with van der Waals surface area (Å²) in [6, 6.07) is 16.2. The van der Waals surface area contributed by atoms with Crippen LogP contribution in [0.3, 0.4) is 0 Å². The van der Waals surface area contributed by atoms with E-state index in [1.165, 1.54) is 4.90 Å². The van der Waals surface area contributed by atoms with Crippen molar-refractivity contribution in [2.45, 2.75) is 6.92 Å². The Hall–Kier alpha value is -2.14. The van der Waals surface area contributed by atoms with Gasteiger partial charge in [0.25, 0.3) is 0 Å². The Balaban J connectivity index is 2.10. The molecule has 0 bridgehead atoms. The number of hydrogen-bond acceptors (Lipinski definition) is 2. The largest absolute Gasteiger partial charge is 0.318 e. The molecule has 21 heavy (non-hydrogen) atoms. The molecule has 0 unspecified atom stereocenters. The van der Waals surface area contributed by atoms with Gasteiger partial charge in [-0.15, -0.1) is 0 Å². The zero-order valence-corrected chi connectivity index (χ0v) is 13.1. The van der Waals surface area contributed by atoms with Crippen LogP contribution in [0, 0.1) is 0 Å². The van der Waals surface area contributed by atoms with Crippen LogP contribution in [-0.2, 0) is 9.59 Å². The standard InChI is InChI=1S/C16H15BrN2O2/c1-2-19(14-6-4-3-5-7-14)16(21)15(20)18-13-10-8-12(17)9-11-13/h3-11H,2H2,1H3,(H,18,20). The second-order valence-corrected chi connectivity index (χ2v) is 5.26. The van der Waals surface area contributed by atoms with Gasteiger partial charge in [-0.1, -0.05) is 34.1 Å². The van der Waals surface area contributed by atoms with E-state index in [2.05, 4.69) is 21.2 Å². The average molecular weight is 347 g/mol. The van der Waals surface area contributed by atoms with Gasteiger partial charge >= 0.3 is 11.8 Å². The molecule has 2 aromatic rings. The van der Waals surface area contributed by atoms with Gasteiger partial charge in [0.2, 0.25) is 0 Å². The van der Waals surface area contributed by atoms with Crippen LogP contribution < -0.4 is 10.2 Å². The summed E-state index contributed by atoms with van der Waals surface area (Å²) in [5.41, 5.74) is 1.29. The highest BCUT2D eigenvalue weighted by atomic mass is 79.9. The maximum absolute atomic E-state index is 12.3. The molecule has 0 heterocycles. The van der Waals surface area contributed by atoms with E-state index in [0.717, 1.165) is 4.47 Å². The van der Waals surface area contributed by atoms with Crippen molar-refractivity contribution in [3.05, 3.63) is 59.1 Å². The van der Waals surface area contributed by atoms with Gasteiger partial charge in [-0.2, -0.15) is 0 Å². The summed E-state index contributed by atoms with van der Waals surface area (Å²) < 4.78 is 0.909. The predicted molar refractivity (Wildman–Crippen MR) is 87.2 cm³/mol. The van der Waals surface area contributed by atoms with Gasteiger partial charge in [-0.05, 0) is 43.3 Å². The van der Waals surface area contributed by atoms with Crippen LogP contribution in [0.2, 0.25) is 0 Å². The monoisotopic (exact) mass is 346 g/mol. The van der Waals surface area contributed by atoms with E-state index in [0.29, 0.717) is 17.9 Å². The number of benzene rings is 2. The van der Waals surface area contributed by atoms with E-state index < -0.39 is 11.8 Å². The molecular formula is C16H15BrN2O2. The molecule has 0 saturated heterocycles. The molecule has 0 radical (unpaired) electrons. The molecule has 1 N–H and O–H groups in total. The quantitative estimate of drug-likeness (QED) is 0.865. The Morgan fingerprint density at radius 1 is 1.05 bits per heavy atom. The summed E-state index contributed by atoms with van der Waals surface area (Å²) in [6.45, 7) is 2.26. The van der Waals surface area contributed by atoms with Crippen LogP contribution in [0.25, 0.3) is 0 Å². The summed E-state index contributed by atoms with van der Waals surface area (Å²) >= 11 is 3.32. The van der Waals surface area contributed by atoms with E-state index in [1.807, 2.05) is 25.1 Å². The molecule has 0 aliphatic rings. The minimum absolute atomic E-state index is 0.427. The number of para-hydroxylation sites is 1. The third-order valence-corrected chi connectivity index (χ3v) is 3.45. The van der Waals surface area contributed by atoms with Gasteiger partial charge in [0.05, 0.1) is 0 Å². The second kappa shape index (κ2) is 7.04. The number of nitrogens with one attached hydrogen (secondary N) is 1. The summed E-state index contributed by atoms with van der Waals surface area (Å²) in [6.07, 6.45) is 0. The molecule has 0 saturated carbocycles. The SMILES string of the molecule is CCN(C(=O)C(=O)Nc1ccc(Br)cc1)c1ccccc1. The Morgan fingerprint density at radius 2 is 1.67 bits per heavy atom. The van der Waals surface area contributed by atoms with Crippen molar-refractivity contribution < 1.29 is 9.59 Å². The van der Waals surface area contributed by atoms with Gasteiger partial charge in [-0.25, -0.2) is 0 Å². The minimum Gasteiger partial charge on any atom is -0.318 e. The molecule has 0 aliphatic carbocycles. The minimum atomic E-state index is -0.650. The number of rotatable bonds is 3. The summed E-state index contributed by atoms with van der Waals surface area (Å²) in [4.78, 5) is 25.7. The lowest BCUT2D eigenvalue weighted by Crippen LogP contribution is -2.39. The highest BCUT2D eigenvalue weighted by Crippen LogP contribution is 2.16. The van der Waals surface area contributed by atoms with Crippen LogP contribution in [0.1, 0.15) is 6.92 Å². The van der Waals surface area contributed by atoms with Gasteiger partial charge in [0, 0.05) is 22.4 Å². The summed E-state index contributed by atoms with van der Waals surface area (Å²) in [5.74, 6) is -1.23. The Morgan fingerprint density at radius 3 is 2.24 bits per heavy atom. The number of hydrogen-bond donors (Lipinski definition) is 1. The van der Waals surface area contributed by atoms with Gasteiger partial charge < -0.3 is 10.2 Å². The molecule has 4 nitrogen and oxygen atoms in total. The van der Waals surface area contributed by atoms with Crippen molar-refractivity contribution >= 4 is 39.1 Å². The number of halogens is 1. The number of carbonyl (C=O) groups excluding carboxylic acids is 2. The highest BCUT2D eigenvalue weighted by molar-refractivity contribution is 9.10.